The van der Waals surface area contributed by atoms with Crippen LogP contribution in [0.15, 0.2) is 18.2 Å². The fourth-order valence-electron chi connectivity index (χ4n) is 2.75. The Balaban J connectivity index is 1.98. The first-order valence-electron chi connectivity index (χ1n) is 5.85. The van der Waals surface area contributed by atoms with E-state index in [2.05, 4.69) is 30.4 Å². The summed E-state index contributed by atoms with van der Waals surface area (Å²) in [6, 6.07) is 6.10. The van der Waals surface area contributed by atoms with Crippen LogP contribution in [0.4, 0.5) is 0 Å². The monoisotopic (exact) mass is 249 g/mol. The Kier molecular flexibility index (Phi) is 2.45. The lowest BCUT2D eigenvalue weighted by atomic mass is 10.0. The number of thioether (sulfide) groups is 1. The van der Waals surface area contributed by atoms with E-state index in [1.54, 1.807) is 11.8 Å². The maximum atomic E-state index is 11.0. The van der Waals surface area contributed by atoms with Gasteiger partial charge in [-0.25, -0.2) is 0 Å². The molecular weight excluding hydrogens is 234 g/mol. The third-order valence-electron chi connectivity index (χ3n) is 3.65. The Morgan fingerprint density at radius 3 is 3.12 bits per heavy atom. The number of rotatable bonds is 1. The van der Waals surface area contributed by atoms with E-state index in [-0.39, 0.29) is 4.87 Å². The summed E-state index contributed by atoms with van der Waals surface area (Å²) in [4.78, 5) is 10.9. The molecule has 1 aliphatic heterocycles. The molecule has 1 aromatic carbocycles. The van der Waals surface area contributed by atoms with Crippen molar-refractivity contribution in [3.8, 4) is 0 Å². The second kappa shape index (κ2) is 3.75. The SMILES string of the molecule is Cc1ccc2c(c1)C1(CC2)NC(C(=O)O)CS1. The minimum atomic E-state index is -0.740. The van der Waals surface area contributed by atoms with Crippen molar-refractivity contribution in [1.82, 2.24) is 5.32 Å². The number of carbonyl (C=O) groups is 1. The van der Waals surface area contributed by atoms with Crippen LogP contribution in [0, 0.1) is 6.92 Å². The van der Waals surface area contributed by atoms with Crippen molar-refractivity contribution >= 4 is 17.7 Å². The van der Waals surface area contributed by atoms with E-state index in [1.165, 1.54) is 16.7 Å². The van der Waals surface area contributed by atoms with Crippen molar-refractivity contribution < 1.29 is 9.90 Å². The predicted octanol–water partition coefficient (Wildman–Crippen LogP) is 1.88. The van der Waals surface area contributed by atoms with Gasteiger partial charge in [-0.2, -0.15) is 0 Å². The summed E-state index contributed by atoms with van der Waals surface area (Å²) in [5.74, 6) is -0.0848. The average Bonchev–Trinajstić information content (AvgIpc) is 2.86. The topological polar surface area (TPSA) is 49.3 Å². The van der Waals surface area contributed by atoms with Crippen LogP contribution in [0.3, 0.4) is 0 Å². The van der Waals surface area contributed by atoms with Crippen LogP contribution < -0.4 is 5.32 Å². The lowest BCUT2D eigenvalue weighted by molar-refractivity contribution is -0.138. The third-order valence-corrected chi connectivity index (χ3v) is 5.18. The molecule has 4 heteroatoms. The molecule has 3 nitrogen and oxygen atoms in total. The van der Waals surface area contributed by atoms with Crippen LogP contribution >= 0.6 is 11.8 Å². The molecule has 2 aliphatic rings. The normalized spacial score (nSPS) is 30.8. The molecule has 1 aliphatic carbocycles. The molecule has 0 amide bonds. The van der Waals surface area contributed by atoms with Crippen molar-refractivity contribution in [2.24, 2.45) is 0 Å². The molecule has 2 N–H and O–H groups in total. The molecule has 0 saturated carbocycles. The maximum Gasteiger partial charge on any atom is 0.321 e. The molecule has 1 saturated heterocycles. The van der Waals surface area contributed by atoms with E-state index in [9.17, 15) is 4.79 Å². The fraction of sp³-hybridized carbons (Fsp3) is 0.462. The molecular formula is C13H15NO2S. The van der Waals surface area contributed by atoms with Crippen molar-refractivity contribution in [1.29, 1.82) is 0 Å². The van der Waals surface area contributed by atoms with Gasteiger partial charge in [0.2, 0.25) is 0 Å². The first kappa shape index (κ1) is 11.1. The van der Waals surface area contributed by atoms with Gasteiger partial charge in [0, 0.05) is 5.75 Å². The zero-order chi connectivity index (χ0) is 12.0. The molecule has 0 aromatic heterocycles. The van der Waals surface area contributed by atoms with E-state index in [4.69, 9.17) is 5.11 Å². The largest absolute Gasteiger partial charge is 0.480 e. The molecule has 1 spiro atoms. The number of nitrogens with one attached hydrogen (secondary N) is 1. The van der Waals surface area contributed by atoms with Crippen LogP contribution in [-0.2, 0) is 16.1 Å². The standard InChI is InChI=1S/C13H15NO2S/c1-8-2-3-9-4-5-13(10(9)6-8)14-11(7-17-13)12(15)16/h2-3,6,11,14H,4-5,7H2,1H3,(H,15,16). The summed E-state index contributed by atoms with van der Waals surface area (Å²) in [5, 5.41) is 12.4. The van der Waals surface area contributed by atoms with Crippen molar-refractivity contribution in [2.45, 2.75) is 30.7 Å². The van der Waals surface area contributed by atoms with E-state index in [0.29, 0.717) is 5.75 Å². The van der Waals surface area contributed by atoms with Gasteiger partial charge in [0.15, 0.2) is 0 Å². The molecule has 3 rings (SSSR count). The van der Waals surface area contributed by atoms with Crippen LogP contribution in [0.1, 0.15) is 23.1 Å². The summed E-state index contributed by atoms with van der Waals surface area (Å²) in [5.41, 5.74) is 3.90. The Bertz CT molecular complexity index is 488. The van der Waals surface area contributed by atoms with Gasteiger partial charge in [-0.15, -0.1) is 11.8 Å². The van der Waals surface area contributed by atoms with Gasteiger partial charge in [-0.05, 0) is 30.9 Å². The summed E-state index contributed by atoms with van der Waals surface area (Å²) >= 11 is 1.75. The van der Waals surface area contributed by atoms with E-state index < -0.39 is 12.0 Å². The smallest absolute Gasteiger partial charge is 0.321 e. The van der Waals surface area contributed by atoms with Gasteiger partial charge in [-0.3, -0.25) is 10.1 Å². The molecule has 17 heavy (non-hydrogen) atoms. The van der Waals surface area contributed by atoms with E-state index in [1.807, 2.05) is 0 Å². The number of hydrogen-bond donors (Lipinski definition) is 2. The minimum absolute atomic E-state index is 0.148. The number of aliphatic carboxylic acids is 1. The van der Waals surface area contributed by atoms with Crippen LogP contribution in [-0.4, -0.2) is 22.9 Å². The summed E-state index contributed by atoms with van der Waals surface area (Å²) in [7, 11) is 0. The summed E-state index contributed by atoms with van der Waals surface area (Å²) in [6.07, 6.45) is 2.04. The average molecular weight is 249 g/mol. The molecule has 1 aromatic rings. The highest BCUT2D eigenvalue weighted by Gasteiger charge is 2.46. The van der Waals surface area contributed by atoms with Crippen molar-refractivity contribution in [2.75, 3.05) is 5.75 Å². The lowest BCUT2D eigenvalue weighted by Gasteiger charge is -2.25. The predicted molar refractivity (Wildman–Crippen MR) is 68.2 cm³/mol. The molecule has 2 atom stereocenters. The molecule has 0 radical (unpaired) electrons. The zero-order valence-corrected chi connectivity index (χ0v) is 10.5. The van der Waals surface area contributed by atoms with Gasteiger partial charge in [0.1, 0.15) is 6.04 Å². The summed E-state index contributed by atoms with van der Waals surface area (Å²) in [6.45, 7) is 2.08. The van der Waals surface area contributed by atoms with Crippen LogP contribution in [0.25, 0.3) is 0 Å². The number of carboxylic acid groups (broad SMARTS) is 1. The Morgan fingerprint density at radius 1 is 1.59 bits per heavy atom. The van der Waals surface area contributed by atoms with Crippen molar-refractivity contribution in [3.05, 3.63) is 34.9 Å². The molecule has 2 unspecified atom stereocenters. The van der Waals surface area contributed by atoms with E-state index >= 15 is 0 Å². The van der Waals surface area contributed by atoms with Crippen molar-refractivity contribution in [3.63, 3.8) is 0 Å². The second-order valence-corrected chi connectivity index (χ2v) is 6.15. The van der Waals surface area contributed by atoms with Gasteiger partial charge >= 0.3 is 5.97 Å². The third kappa shape index (κ3) is 1.67. The highest BCUT2D eigenvalue weighted by molar-refractivity contribution is 8.00. The van der Waals surface area contributed by atoms with Gasteiger partial charge in [0.05, 0.1) is 4.87 Å². The second-order valence-electron chi connectivity index (χ2n) is 4.83. The zero-order valence-electron chi connectivity index (χ0n) is 9.69. The maximum absolute atomic E-state index is 11.0. The first-order valence-corrected chi connectivity index (χ1v) is 6.84. The molecule has 0 bridgehead atoms. The van der Waals surface area contributed by atoms with Crippen LogP contribution in [0.2, 0.25) is 0 Å². The number of aryl methyl sites for hydroxylation is 2. The fourth-order valence-corrected chi connectivity index (χ4v) is 4.25. The Hall–Kier alpha value is -1.00. The lowest BCUT2D eigenvalue weighted by Crippen LogP contribution is -2.42. The number of fused-ring (bicyclic) bond motifs is 2. The Labute approximate surface area is 105 Å². The van der Waals surface area contributed by atoms with Crippen LogP contribution in [0.5, 0.6) is 0 Å². The molecule has 1 heterocycles. The van der Waals surface area contributed by atoms with Gasteiger partial charge in [0.25, 0.3) is 0 Å². The highest BCUT2D eigenvalue weighted by atomic mass is 32.2. The molecule has 90 valence electrons. The number of carboxylic acids is 1. The Morgan fingerprint density at radius 2 is 2.41 bits per heavy atom. The van der Waals surface area contributed by atoms with Gasteiger partial charge in [-0.1, -0.05) is 23.8 Å². The first-order chi connectivity index (χ1) is 8.11. The van der Waals surface area contributed by atoms with E-state index in [0.717, 1.165) is 12.8 Å². The summed E-state index contributed by atoms with van der Waals surface area (Å²) < 4.78 is 0. The number of hydrogen-bond acceptors (Lipinski definition) is 3. The quantitative estimate of drug-likeness (QED) is 0.798. The molecule has 1 fully saturated rings. The highest BCUT2D eigenvalue weighted by Crippen LogP contribution is 2.49. The minimum Gasteiger partial charge on any atom is -0.480 e. The number of benzene rings is 1. The van der Waals surface area contributed by atoms with Gasteiger partial charge < -0.3 is 5.11 Å².